The lowest BCUT2D eigenvalue weighted by Gasteiger charge is -2.35. The highest BCUT2D eigenvalue weighted by Gasteiger charge is 2.33. The minimum Gasteiger partial charge on any atom is -0.330 e. The van der Waals surface area contributed by atoms with E-state index in [4.69, 9.17) is 5.73 Å². The molecule has 1 aromatic carbocycles. The summed E-state index contributed by atoms with van der Waals surface area (Å²) in [6, 6.07) is 3.32. The van der Waals surface area contributed by atoms with E-state index < -0.39 is 11.6 Å². The Kier molecular flexibility index (Phi) is 4.30. The molecule has 0 radical (unpaired) electrons. The van der Waals surface area contributed by atoms with Crippen LogP contribution in [0.2, 0.25) is 0 Å². The van der Waals surface area contributed by atoms with Crippen LogP contribution in [0.1, 0.15) is 48.9 Å². The summed E-state index contributed by atoms with van der Waals surface area (Å²) in [5, 5.41) is 0. The van der Waals surface area contributed by atoms with Crippen LogP contribution in [0.4, 0.5) is 8.78 Å². The third kappa shape index (κ3) is 3.18. The van der Waals surface area contributed by atoms with E-state index in [-0.39, 0.29) is 16.8 Å². The molecule has 0 bridgehead atoms. The van der Waals surface area contributed by atoms with Crippen LogP contribution in [-0.2, 0) is 0 Å². The quantitative estimate of drug-likeness (QED) is 0.849. The topological polar surface area (TPSA) is 43.1 Å². The smallest absolute Gasteiger partial charge is 0.163 e. The fourth-order valence-corrected chi connectivity index (χ4v) is 2.87. The number of nitrogens with two attached hydrogens (primary N) is 1. The number of hydrogen-bond acceptors (Lipinski definition) is 2. The second-order valence-corrected chi connectivity index (χ2v) is 5.49. The lowest BCUT2D eigenvalue weighted by molar-refractivity contribution is 0.0867. The number of carbonyl (C=O) groups excluding carboxylic acids is 1. The molecule has 4 heteroatoms. The van der Waals surface area contributed by atoms with E-state index in [0.29, 0.717) is 13.0 Å². The predicted molar refractivity (Wildman–Crippen MR) is 69.9 cm³/mol. The summed E-state index contributed by atoms with van der Waals surface area (Å²) in [7, 11) is 0. The van der Waals surface area contributed by atoms with Crippen molar-refractivity contribution in [3.8, 4) is 0 Å². The Hall–Kier alpha value is -1.29. The van der Waals surface area contributed by atoms with Gasteiger partial charge in [-0.25, -0.2) is 8.78 Å². The maximum Gasteiger partial charge on any atom is 0.163 e. The van der Waals surface area contributed by atoms with Gasteiger partial charge in [0.1, 0.15) is 0 Å². The molecule has 1 saturated carbocycles. The van der Waals surface area contributed by atoms with Crippen molar-refractivity contribution in [1.29, 1.82) is 0 Å². The van der Waals surface area contributed by atoms with Crippen LogP contribution >= 0.6 is 0 Å². The van der Waals surface area contributed by atoms with Gasteiger partial charge in [0.25, 0.3) is 0 Å². The summed E-state index contributed by atoms with van der Waals surface area (Å²) in [6.45, 7) is 0.475. The van der Waals surface area contributed by atoms with Crippen molar-refractivity contribution in [2.24, 2.45) is 11.1 Å². The van der Waals surface area contributed by atoms with Gasteiger partial charge in [-0.1, -0.05) is 19.3 Å². The van der Waals surface area contributed by atoms with E-state index >= 15 is 0 Å². The van der Waals surface area contributed by atoms with Crippen molar-refractivity contribution in [2.45, 2.75) is 38.5 Å². The number of carbonyl (C=O) groups is 1. The van der Waals surface area contributed by atoms with E-state index in [1.807, 2.05) is 0 Å². The fourth-order valence-electron chi connectivity index (χ4n) is 2.87. The van der Waals surface area contributed by atoms with E-state index in [1.165, 1.54) is 12.5 Å². The summed E-state index contributed by atoms with van der Waals surface area (Å²) < 4.78 is 26.0. The molecule has 0 heterocycles. The van der Waals surface area contributed by atoms with E-state index in [2.05, 4.69) is 0 Å². The van der Waals surface area contributed by atoms with Crippen LogP contribution in [0.15, 0.2) is 18.2 Å². The van der Waals surface area contributed by atoms with Gasteiger partial charge in [0.15, 0.2) is 17.4 Å². The number of Topliss-reactive ketones (excluding diaryl/α,β-unsaturated/α-hetero) is 1. The standard InChI is InChI=1S/C15H19F2NO/c16-12-5-4-11(8-13(12)17)14(19)9-15(10-18)6-2-1-3-7-15/h4-5,8H,1-3,6-7,9-10,18H2. The molecule has 0 amide bonds. The zero-order valence-corrected chi connectivity index (χ0v) is 10.9. The summed E-state index contributed by atoms with van der Waals surface area (Å²) in [4.78, 5) is 12.2. The van der Waals surface area contributed by atoms with E-state index in [1.54, 1.807) is 0 Å². The first-order chi connectivity index (χ1) is 9.06. The van der Waals surface area contributed by atoms with E-state index in [9.17, 15) is 13.6 Å². The minimum atomic E-state index is -0.976. The normalized spacial score (nSPS) is 18.3. The maximum absolute atomic E-state index is 13.1. The first kappa shape index (κ1) is 14.1. The molecule has 0 spiro atoms. The number of halogens is 2. The molecule has 104 valence electrons. The molecule has 0 atom stereocenters. The Morgan fingerprint density at radius 2 is 1.84 bits per heavy atom. The first-order valence-electron chi connectivity index (χ1n) is 6.75. The largest absolute Gasteiger partial charge is 0.330 e. The molecule has 0 aliphatic heterocycles. The molecule has 2 nitrogen and oxygen atoms in total. The van der Waals surface area contributed by atoms with Crippen LogP contribution < -0.4 is 5.73 Å². The molecule has 2 rings (SSSR count). The second kappa shape index (κ2) is 5.78. The molecule has 0 unspecified atom stereocenters. The fraction of sp³-hybridized carbons (Fsp3) is 0.533. The molecule has 0 aromatic heterocycles. The molecule has 19 heavy (non-hydrogen) atoms. The second-order valence-electron chi connectivity index (χ2n) is 5.49. The molecule has 1 aromatic rings. The van der Waals surface area contributed by atoms with Crippen LogP contribution in [0.3, 0.4) is 0 Å². The van der Waals surface area contributed by atoms with Crippen LogP contribution in [0.5, 0.6) is 0 Å². The molecule has 0 saturated heterocycles. The van der Waals surface area contributed by atoms with Gasteiger partial charge in [-0.05, 0) is 43.0 Å². The van der Waals surface area contributed by atoms with Gasteiger partial charge in [-0.15, -0.1) is 0 Å². The van der Waals surface area contributed by atoms with Crippen molar-refractivity contribution in [3.63, 3.8) is 0 Å². The van der Waals surface area contributed by atoms with Crippen molar-refractivity contribution >= 4 is 5.78 Å². The Morgan fingerprint density at radius 3 is 2.42 bits per heavy atom. The van der Waals surface area contributed by atoms with Crippen molar-refractivity contribution in [1.82, 2.24) is 0 Å². The maximum atomic E-state index is 13.1. The molecule has 1 aliphatic rings. The van der Waals surface area contributed by atoms with Gasteiger partial charge < -0.3 is 5.73 Å². The number of hydrogen-bond donors (Lipinski definition) is 1. The van der Waals surface area contributed by atoms with Crippen LogP contribution in [0, 0.1) is 17.0 Å². The number of benzene rings is 1. The molecule has 1 fully saturated rings. The monoisotopic (exact) mass is 267 g/mol. The summed E-state index contributed by atoms with van der Waals surface area (Å²) in [5.74, 6) is -2.05. The lowest BCUT2D eigenvalue weighted by Crippen LogP contribution is -2.35. The highest BCUT2D eigenvalue weighted by atomic mass is 19.2. The Morgan fingerprint density at radius 1 is 1.16 bits per heavy atom. The zero-order chi connectivity index (χ0) is 13.9. The summed E-state index contributed by atoms with van der Waals surface area (Å²) in [6.07, 6.45) is 5.57. The van der Waals surface area contributed by atoms with Gasteiger partial charge >= 0.3 is 0 Å². The van der Waals surface area contributed by atoms with Gasteiger partial charge in [-0.3, -0.25) is 4.79 Å². The first-order valence-corrected chi connectivity index (χ1v) is 6.75. The minimum absolute atomic E-state index is 0.147. The molecule has 2 N–H and O–H groups in total. The average molecular weight is 267 g/mol. The van der Waals surface area contributed by atoms with Crippen molar-refractivity contribution < 1.29 is 13.6 Å². The summed E-state index contributed by atoms with van der Waals surface area (Å²) in [5.41, 5.74) is 5.91. The van der Waals surface area contributed by atoms with Gasteiger partial charge in [0.05, 0.1) is 0 Å². The Labute approximate surface area is 112 Å². The summed E-state index contributed by atoms with van der Waals surface area (Å²) >= 11 is 0. The van der Waals surface area contributed by atoms with Crippen molar-refractivity contribution in [3.05, 3.63) is 35.4 Å². The molecular formula is C15H19F2NO. The van der Waals surface area contributed by atoms with Gasteiger partial charge in [0, 0.05) is 12.0 Å². The van der Waals surface area contributed by atoms with E-state index in [0.717, 1.165) is 37.8 Å². The molecular weight excluding hydrogens is 248 g/mol. The third-order valence-electron chi connectivity index (χ3n) is 4.12. The number of ketones is 1. The zero-order valence-electron chi connectivity index (χ0n) is 10.9. The lowest BCUT2D eigenvalue weighted by atomic mass is 9.70. The van der Waals surface area contributed by atoms with Crippen LogP contribution in [0.25, 0.3) is 0 Å². The van der Waals surface area contributed by atoms with Gasteiger partial charge in [-0.2, -0.15) is 0 Å². The van der Waals surface area contributed by atoms with Gasteiger partial charge in [0.2, 0.25) is 0 Å². The third-order valence-corrected chi connectivity index (χ3v) is 4.12. The number of rotatable bonds is 4. The Balaban J connectivity index is 2.12. The SMILES string of the molecule is NCC1(CC(=O)c2ccc(F)c(F)c2)CCCCC1. The van der Waals surface area contributed by atoms with Crippen molar-refractivity contribution in [2.75, 3.05) is 6.54 Å². The average Bonchev–Trinajstić information content (AvgIpc) is 2.43. The predicted octanol–water partition coefficient (Wildman–Crippen LogP) is 3.45. The molecule has 1 aliphatic carbocycles. The van der Waals surface area contributed by atoms with Crippen LogP contribution in [-0.4, -0.2) is 12.3 Å². The Bertz CT molecular complexity index is 467. The highest BCUT2D eigenvalue weighted by molar-refractivity contribution is 5.96. The highest BCUT2D eigenvalue weighted by Crippen LogP contribution is 2.39.